The first-order valence-electron chi connectivity index (χ1n) is 13.8. The van der Waals surface area contributed by atoms with Gasteiger partial charge >= 0.3 is 11.9 Å². The minimum absolute atomic E-state index is 0.116. The van der Waals surface area contributed by atoms with Crippen molar-refractivity contribution in [3.05, 3.63) is 23.5 Å². The van der Waals surface area contributed by atoms with Crippen LogP contribution in [0.15, 0.2) is 23.5 Å². The molecule has 4 N–H and O–H groups in total. The third-order valence-electron chi connectivity index (χ3n) is 10.3. The number of carbonyl (C=O) groups is 4. The Kier molecular flexibility index (Phi) is 7.78. The molecule has 38 heavy (non-hydrogen) atoms. The second-order valence-corrected chi connectivity index (χ2v) is 12.1. The number of fused-ring (bicyclic) bond motifs is 5. The minimum Gasteiger partial charge on any atom is -0.481 e. The third kappa shape index (κ3) is 4.36. The molecule has 9 heteroatoms. The fourth-order valence-corrected chi connectivity index (χ4v) is 8.26. The van der Waals surface area contributed by atoms with E-state index in [0.29, 0.717) is 32.1 Å². The molecule has 210 valence electrons. The molecule has 0 aliphatic heterocycles. The summed E-state index contributed by atoms with van der Waals surface area (Å²) in [5.41, 5.74) is -2.87. The maximum atomic E-state index is 13.0. The van der Waals surface area contributed by atoms with Crippen molar-refractivity contribution in [3.8, 4) is 0 Å². The number of hydrogen-bond acceptors (Lipinski definition) is 8. The lowest BCUT2D eigenvalue weighted by molar-refractivity contribution is -0.182. The number of rotatable bonds is 9. The molecule has 0 heterocycles. The molecule has 8 atom stereocenters. The fraction of sp³-hybridized carbons (Fsp3) is 0.724. The minimum atomic E-state index is -1.73. The first-order chi connectivity index (χ1) is 17.8. The number of carboxylic acids is 1. The van der Waals surface area contributed by atoms with Gasteiger partial charge in [0.1, 0.15) is 18.0 Å². The zero-order valence-electron chi connectivity index (χ0n) is 22.4. The van der Waals surface area contributed by atoms with Crippen molar-refractivity contribution in [3.63, 3.8) is 0 Å². The number of hydrogen-bond donors (Lipinski definition) is 4. The normalized spacial score (nSPS) is 38.7. The van der Waals surface area contributed by atoms with Gasteiger partial charge in [-0.3, -0.25) is 19.2 Å². The molecule has 3 saturated carbocycles. The summed E-state index contributed by atoms with van der Waals surface area (Å²) in [4.78, 5) is 49.9. The fourth-order valence-electron chi connectivity index (χ4n) is 8.26. The average molecular weight is 533 g/mol. The molecule has 4 aliphatic rings. The molecule has 4 rings (SSSR count). The SMILES string of the molecule is CCCCC(CC(=O)OC1=CC(=O)C=C2CC[C@@H]3[C@H]([C@@H](O)C[C@@]4(C)[C@H]3CC[C@]4(O)C(=O)CO)[C@]21C)C(=O)O. The predicted molar refractivity (Wildman–Crippen MR) is 135 cm³/mol. The van der Waals surface area contributed by atoms with Crippen molar-refractivity contribution >= 4 is 23.5 Å². The highest BCUT2D eigenvalue weighted by atomic mass is 16.5. The van der Waals surface area contributed by atoms with E-state index in [1.807, 2.05) is 20.8 Å². The summed E-state index contributed by atoms with van der Waals surface area (Å²) in [6.07, 6.45) is 5.37. The number of aliphatic hydroxyl groups is 3. The van der Waals surface area contributed by atoms with Crippen LogP contribution in [-0.2, 0) is 23.9 Å². The van der Waals surface area contributed by atoms with Gasteiger partial charge in [0, 0.05) is 17.4 Å². The highest BCUT2D eigenvalue weighted by molar-refractivity contribution is 6.02. The van der Waals surface area contributed by atoms with Crippen LogP contribution in [0.2, 0.25) is 0 Å². The molecule has 4 aliphatic carbocycles. The number of Topliss-reactive ketones (excluding diaryl/α,β-unsaturated/α-hetero) is 1. The van der Waals surface area contributed by atoms with Crippen molar-refractivity contribution in [2.75, 3.05) is 6.61 Å². The van der Waals surface area contributed by atoms with Gasteiger partial charge in [-0.25, -0.2) is 0 Å². The summed E-state index contributed by atoms with van der Waals surface area (Å²) >= 11 is 0. The van der Waals surface area contributed by atoms with Gasteiger partial charge in [-0.2, -0.15) is 0 Å². The summed E-state index contributed by atoms with van der Waals surface area (Å²) in [7, 11) is 0. The van der Waals surface area contributed by atoms with Crippen molar-refractivity contribution < 1.29 is 44.3 Å². The van der Waals surface area contributed by atoms with E-state index in [1.54, 1.807) is 0 Å². The maximum absolute atomic E-state index is 13.0. The monoisotopic (exact) mass is 532 g/mol. The van der Waals surface area contributed by atoms with Gasteiger partial charge in [-0.05, 0) is 63.4 Å². The zero-order valence-corrected chi connectivity index (χ0v) is 22.4. The van der Waals surface area contributed by atoms with Crippen LogP contribution in [0.5, 0.6) is 0 Å². The Balaban J connectivity index is 1.64. The van der Waals surface area contributed by atoms with E-state index >= 15 is 0 Å². The Morgan fingerprint density at radius 3 is 2.53 bits per heavy atom. The first kappa shape index (κ1) is 28.6. The Hall–Kier alpha value is -2.36. The Morgan fingerprint density at radius 2 is 1.89 bits per heavy atom. The van der Waals surface area contributed by atoms with Gasteiger partial charge in [0.15, 0.2) is 11.6 Å². The van der Waals surface area contributed by atoms with Gasteiger partial charge in [0.2, 0.25) is 0 Å². The number of ether oxygens (including phenoxy) is 1. The highest BCUT2D eigenvalue weighted by Crippen LogP contribution is 2.68. The number of aliphatic hydroxyl groups excluding tert-OH is 2. The van der Waals surface area contributed by atoms with Crippen molar-refractivity contribution in [1.82, 2.24) is 0 Å². The van der Waals surface area contributed by atoms with Gasteiger partial charge in [-0.1, -0.05) is 32.3 Å². The number of allylic oxidation sites excluding steroid dienone is 3. The molecular formula is C29H40O9. The van der Waals surface area contributed by atoms with Gasteiger partial charge in [0.25, 0.3) is 0 Å². The number of ketones is 2. The molecular weight excluding hydrogens is 492 g/mol. The molecule has 0 bridgehead atoms. The molecule has 9 nitrogen and oxygen atoms in total. The zero-order chi connectivity index (χ0) is 28.0. The standard InChI is InChI=1S/C29H40O9/c1-4-5-6-16(26(35)36)11-24(34)38-23-13-18(31)12-17-7-8-19-20-9-10-29(37,22(33)15-30)27(20,2)14-21(32)25(19)28(17,23)3/h12-13,16,19-21,25,30,32,37H,4-11,14-15H2,1-3H3,(H,35,36)/t16?,19-,20-,21-,25+,27-,28+,29-/m0/s1. The second kappa shape index (κ2) is 10.3. The highest BCUT2D eigenvalue weighted by Gasteiger charge is 2.69. The van der Waals surface area contributed by atoms with Crippen molar-refractivity contribution in [2.24, 2.45) is 34.5 Å². The van der Waals surface area contributed by atoms with Crippen LogP contribution in [0.25, 0.3) is 0 Å². The van der Waals surface area contributed by atoms with Crippen molar-refractivity contribution in [2.45, 2.75) is 90.3 Å². The Bertz CT molecular complexity index is 1080. The van der Waals surface area contributed by atoms with Gasteiger partial charge in [-0.15, -0.1) is 0 Å². The van der Waals surface area contributed by atoms with Crippen LogP contribution in [0.1, 0.15) is 78.6 Å². The van der Waals surface area contributed by atoms with Crippen LogP contribution in [0, 0.1) is 34.5 Å². The molecule has 1 unspecified atom stereocenters. The largest absolute Gasteiger partial charge is 0.481 e. The van der Waals surface area contributed by atoms with E-state index in [0.717, 1.165) is 12.0 Å². The van der Waals surface area contributed by atoms with Crippen LogP contribution < -0.4 is 0 Å². The number of carbonyl (C=O) groups excluding carboxylic acids is 3. The van der Waals surface area contributed by atoms with Gasteiger partial charge < -0.3 is 25.2 Å². The van der Waals surface area contributed by atoms with Crippen LogP contribution in [-0.4, -0.2) is 62.2 Å². The molecule has 0 aromatic carbocycles. The number of unbranched alkanes of at least 4 members (excludes halogenated alkanes) is 1. The molecule has 3 fully saturated rings. The van der Waals surface area contributed by atoms with E-state index in [1.165, 1.54) is 12.2 Å². The first-order valence-corrected chi connectivity index (χ1v) is 13.8. The van der Waals surface area contributed by atoms with E-state index in [4.69, 9.17) is 4.74 Å². The summed E-state index contributed by atoms with van der Waals surface area (Å²) in [6.45, 7) is 4.84. The lowest BCUT2D eigenvalue weighted by Gasteiger charge is -2.60. The number of esters is 1. The molecule has 0 spiro atoms. The van der Waals surface area contributed by atoms with E-state index in [-0.39, 0.29) is 42.6 Å². The van der Waals surface area contributed by atoms with E-state index in [2.05, 4.69) is 0 Å². The molecule has 0 saturated heterocycles. The van der Waals surface area contributed by atoms with Crippen LogP contribution >= 0.6 is 0 Å². The van der Waals surface area contributed by atoms with Crippen molar-refractivity contribution in [1.29, 1.82) is 0 Å². The number of carboxylic acid groups (broad SMARTS) is 1. The number of aliphatic carboxylic acids is 1. The summed E-state index contributed by atoms with van der Waals surface area (Å²) in [5.74, 6) is -4.18. The Labute approximate surface area is 222 Å². The van der Waals surface area contributed by atoms with E-state index in [9.17, 15) is 39.6 Å². The quantitative estimate of drug-likeness (QED) is 0.328. The summed E-state index contributed by atoms with van der Waals surface area (Å²) in [6, 6.07) is 0. The topological polar surface area (TPSA) is 158 Å². The third-order valence-corrected chi connectivity index (χ3v) is 10.3. The molecule has 0 aromatic rings. The lowest BCUT2D eigenvalue weighted by atomic mass is 9.45. The molecule has 0 aromatic heterocycles. The smallest absolute Gasteiger partial charge is 0.311 e. The predicted octanol–water partition coefficient (Wildman–Crippen LogP) is 2.71. The summed E-state index contributed by atoms with van der Waals surface area (Å²) in [5, 5.41) is 42.1. The van der Waals surface area contributed by atoms with Crippen LogP contribution in [0.4, 0.5) is 0 Å². The maximum Gasteiger partial charge on any atom is 0.311 e. The van der Waals surface area contributed by atoms with E-state index < -0.39 is 58.7 Å². The lowest BCUT2D eigenvalue weighted by Crippen LogP contribution is -2.62. The average Bonchev–Trinajstić information content (AvgIpc) is 3.12. The summed E-state index contributed by atoms with van der Waals surface area (Å²) < 4.78 is 5.77. The molecule has 0 amide bonds. The Morgan fingerprint density at radius 1 is 1.18 bits per heavy atom. The van der Waals surface area contributed by atoms with Crippen LogP contribution in [0.3, 0.4) is 0 Å². The second-order valence-electron chi connectivity index (χ2n) is 12.1. The van der Waals surface area contributed by atoms with Gasteiger partial charge in [0.05, 0.1) is 23.9 Å². The molecule has 0 radical (unpaired) electrons.